The summed E-state index contributed by atoms with van der Waals surface area (Å²) < 4.78 is 22.1. The lowest BCUT2D eigenvalue weighted by Gasteiger charge is -2.10. The Kier molecular flexibility index (Phi) is 5.57. The Balaban J connectivity index is 1.32. The SMILES string of the molecule is Cc1ccc(-c2nc(CC(=O)Nc3cc(-c4nnc5n4CCCCC5)ccc3F)cs2)o1. The van der Waals surface area contributed by atoms with Crippen LogP contribution in [-0.4, -0.2) is 25.7 Å². The van der Waals surface area contributed by atoms with Gasteiger partial charge in [0.05, 0.1) is 17.8 Å². The Hall–Kier alpha value is -3.33. The molecule has 5 rings (SSSR count). The summed E-state index contributed by atoms with van der Waals surface area (Å²) in [5, 5.41) is 13.8. The maximum Gasteiger partial charge on any atom is 0.230 e. The van der Waals surface area contributed by atoms with Crippen LogP contribution in [0.4, 0.5) is 10.1 Å². The van der Waals surface area contributed by atoms with Crippen molar-refractivity contribution in [3.63, 3.8) is 0 Å². The topological polar surface area (TPSA) is 85.8 Å². The number of fused-ring (bicyclic) bond motifs is 1. The molecule has 9 heteroatoms. The summed E-state index contributed by atoms with van der Waals surface area (Å²) in [5.41, 5.74) is 1.46. The van der Waals surface area contributed by atoms with Crippen LogP contribution < -0.4 is 5.32 Å². The minimum absolute atomic E-state index is 0.0419. The number of anilines is 1. The fourth-order valence-corrected chi connectivity index (χ4v) is 4.65. The molecule has 0 fully saturated rings. The highest BCUT2D eigenvalue weighted by atomic mass is 32.1. The van der Waals surface area contributed by atoms with E-state index in [1.807, 2.05) is 24.4 Å². The molecule has 3 aromatic heterocycles. The second-order valence-electron chi connectivity index (χ2n) is 7.88. The van der Waals surface area contributed by atoms with Crippen LogP contribution in [0, 0.1) is 12.7 Å². The van der Waals surface area contributed by atoms with E-state index in [4.69, 9.17) is 4.42 Å². The standard InChI is InChI=1S/C23H22FN5O2S/c1-14-6-9-19(31-14)23-25-16(13-32-23)12-21(30)26-18-11-15(7-8-17(18)24)22-28-27-20-5-3-2-4-10-29(20)22/h6-9,11,13H,2-5,10,12H2,1H3,(H,26,30). The third-order valence-electron chi connectivity index (χ3n) is 5.45. The molecule has 4 heterocycles. The minimum Gasteiger partial charge on any atom is -0.459 e. The first-order valence-electron chi connectivity index (χ1n) is 10.6. The van der Waals surface area contributed by atoms with Crippen molar-refractivity contribution in [3.8, 4) is 22.2 Å². The van der Waals surface area contributed by atoms with Crippen molar-refractivity contribution in [2.24, 2.45) is 0 Å². The quantitative estimate of drug-likeness (QED) is 0.461. The van der Waals surface area contributed by atoms with Gasteiger partial charge in [0.2, 0.25) is 5.91 Å². The molecule has 1 N–H and O–H groups in total. The molecule has 4 aromatic rings. The first-order valence-corrected chi connectivity index (χ1v) is 11.5. The summed E-state index contributed by atoms with van der Waals surface area (Å²) >= 11 is 1.41. The number of rotatable bonds is 5. The first-order chi connectivity index (χ1) is 15.6. The summed E-state index contributed by atoms with van der Waals surface area (Å²) in [4.78, 5) is 17.1. The van der Waals surface area contributed by atoms with E-state index in [0.29, 0.717) is 22.3 Å². The van der Waals surface area contributed by atoms with E-state index in [9.17, 15) is 9.18 Å². The normalized spacial score (nSPS) is 13.6. The van der Waals surface area contributed by atoms with Crippen molar-refractivity contribution in [2.45, 2.75) is 45.6 Å². The van der Waals surface area contributed by atoms with Gasteiger partial charge < -0.3 is 14.3 Å². The number of nitrogens with zero attached hydrogens (tertiary/aromatic N) is 4. The zero-order chi connectivity index (χ0) is 22.1. The number of furan rings is 1. The lowest BCUT2D eigenvalue weighted by atomic mass is 10.1. The molecule has 1 aliphatic rings. The van der Waals surface area contributed by atoms with E-state index >= 15 is 0 Å². The highest BCUT2D eigenvalue weighted by molar-refractivity contribution is 7.13. The molecule has 0 radical (unpaired) electrons. The molecule has 0 spiro atoms. The van der Waals surface area contributed by atoms with Crippen molar-refractivity contribution >= 4 is 22.9 Å². The molecule has 164 valence electrons. The van der Waals surface area contributed by atoms with Crippen molar-refractivity contribution < 1.29 is 13.6 Å². The largest absolute Gasteiger partial charge is 0.459 e. The van der Waals surface area contributed by atoms with Gasteiger partial charge >= 0.3 is 0 Å². The van der Waals surface area contributed by atoms with E-state index in [2.05, 4.69) is 25.1 Å². The molecule has 1 aromatic carbocycles. The Morgan fingerprint density at radius 3 is 2.97 bits per heavy atom. The van der Waals surface area contributed by atoms with Crippen molar-refractivity contribution in [3.05, 3.63) is 58.8 Å². The van der Waals surface area contributed by atoms with Crippen LogP contribution in [0.3, 0.4) is 0 Å². The highest BCUT2D eigenvalue weighted by Gasteiger charge is 2.18. The van der Waals surface area contributed by atoms with Gasteiger partial charge in [0.25, 0.3) is 0 Å². The summed E-state index contributed by atoms with van der Waals surface area (Å²) in [6.45, 7) is 2.71. The van der Waals surface area contributed by atoms with Gasteiger partial charge in [0, 0.05) is 23.9 Å². The number of halogens is 1. The number of aromatic nitrogens is 4. The molecule has 0 saturated heterocycles. The molecule has 32 heavy (non-hydrogen) atoms. The molecular weight excluding hydrogens is 429 g/mol. The molecule has 0 aliphatic carbocycles. The number of benzene rings is 1. The summed E-state index contributed by atoms with van der Waals surface area (Å²) in [7, 11) is 0. The van der Waals surface area contributed by atoms with Crippen LogP contribution in [0.5, 0.6) is 0 Å². The molecule has 0 atom stereocenters. The van der Waals surface area contributed by atoms with Crippen molar-refractivity contribution in [1.29, 1.82) is 0 Å². The average Bonchev–Trinajstić information content (AvgIpc) is 3.47. The lowest BCUT2D eigenvalue weighted by molar-refractivity contribution is -0.115. The van der Waals surface area contributed by atoms with E-state index in [0.717, 1.165) is 49.4 Å². The smallest absolute Gasteiger partial charge is 0.230 e. The van der Waals surface area contributed by atoms with Crippen LogP contribution in [0.1, 0.15) is 36.5 Å². The molecule has 0 saturated carbocycles. The Bertz CT molecular complexity index is 1280. The summed E-state index contributed by atoms with van der Waals surface area (Å²) in [5.74, 6) is 2.30. The zero-order valence-corrected chi connectivity index (χ0v) is 18.4. The third-order valence-corrected chi connectivity index (χ3v) is 6.36. The van der Waals surface area contributed by atoms with Gasteiger partial charge in [-0.2, -0.15) is 0 Å². The fourth-order valence-electron chi connectivity index (χ4n) is 3.87. The maximum atomic E-state index is 14.5. The Morgan fingerprint density at radius 1 is 1.22 bits per heavy atom. The molecular formula is C23H22FN5O2S. The molecule has 0 unspecified atom stereocenters. The lowest BCUT2D eigenvalue weighted by Crippen LogP contribution is -2.15. The number of nitrogens with one attached hydrogen (secondary N) is 1. The second kappa shape index (κ2) is 8.66. The van der Waals surface area contributed by atoms with Crippen LogP contribution in [0.15, 0.2) is 40.1 Å². The first kappa shape index (κ1) is 20.6. The zero-order valence-electron chi connectivity index (χ0n) is 17.6. The Labute approximate surface area is 188 Å². The number of carbonyl (C=O) groups is 1. The van der Waals surface area contributed by atoms with Crippen molar-refractivity contribution in [1.82, 2.24) is 19.7 Å². The van der Waals surface area contributed by atoms with Gasteiger partial charge in [-0.05, 0) is 50.1 Å². The number of amides is 1. The molecule has 7 nitrogen and oxygen atoms in total. The summed E-state index contributed by atoms with van der Waals surface area (Å²) in [6.07, 6.45) is 4.26. The van der Waals surface area contributed by atoms with Gasteiger partial charge in [0.15, 0.2) is 16.6 Å². The number of hydrogen-bond donors (Lipinski definition) is 1. The molecule has 1 aliphatic heterocycles. The van der Waals surface area contributed by atoms with Gasteiger partial charge in [-0.3, -0.25) is 4.79 Å². The number of thiazole rings is 1. The highest BCUT2D eigenvalue weighted by Crippen LogP contribution is 2.28. The van der Waals surface area contributed by atoms with Crippen LogP contribution in [0.25, 0.3) is 22.2 Å². The molecule has 1 amide bonds. The van der Waals surface area contributed by atoms with Crippen LogP contribution in [0.2, 0.25) is 0 Å². The number of aryl methyl sites for hydroxylation is 2. The number of hydrogen-bond acceptors (Lipinski definition) is 6. The fraction of sp³-hybridized carbons (Fsp3) is 0.304. The van der Waals surface area contributed by atoms with Gasteiger partial charge in [-0.15, -0.1) is 21.5 Å². The van der Waals surface area contributed by atoms with E-state index in [1.54, 1.807) is 12.1 Å². The van der Waals surface area contributed by atoms with E-state index < -0.39 is 5.82 Å². The van der Waals surface area contributed by atoms with E-state index in [1.165, 1.54) is 17.4 Å². The van der Waals surface area contributed by atoms with Gasteiger partial charge in [-0.25, -0.2) is 9.37 Å². The van der Waals surface area contributed by atoms with Crippen LogP contribution >= 0.6 is 11.3 Å². The predicted molar refractivity (Wildman–Crippen MR) is 120 cm³/mol. The molecule has 0 bridgehead atoms. The van der Waals surface area contributed by atoms with Crippen LogP contribution in [-0.2, 0) is 24.2 Å². The van der Waals surface area contributed by atoms with Gasteiger partial charge in [-0.1, -0.05) is 6.42 Å². The minimum atomic E-state index is -0.497. The average molecular weight is 452 g/mol. The predicted octanol–water partition coefficient (Wildman–Crippen LogP) is 5.02. The maximum absolute atomic E-state index is 14.5. The Morgan fingerprint density at radius 2 is 2.12 bits per heavy atom. The second-order valence-corrected chi connectivity index (χ2v) is 8.73. The van der Waals surface area contributed by atoms with Crippen molar-refractivity contribution in [2.75, 3.05) is 5.32 Å². The van der Waals surface area contributed by atoms with Gasteiger partial charge in [0.1, 0.15) is 17.4 Å². The third kappa shape index (κ3) is 4.20. The van der Waals surface area contributed by atoms with E-state index in [-0.39, 0.29) is 18.0 Å². The monoisotopic (exact) mass is 451 g/mol. The number of carbonyl (C=O) groups excluding carboxylic acids is 1. The summed E-state index contributed by atoms with van der Waals surface area (Å²) in [6, 6.07) is 8.36.